The van der Waals surface area contributed by atoms with Crippen molar-refractivity contribution in [3.8, 4) is 0 Å². The van der Waals surface area contributed by atoms with Crippen molar-refractivity contribution in [2.45, 2.75) is 20.1 Å². The van der Waals surface area contributed by atoms with Crippen LogP contribution in [0.1, 0.15) is 37.4 Å². The number of aromatic nitrogens is 1. The molecule has 2 N–H and O–H groups in total. The van der Waals surface area contributed by atoms with Gasteiger partial charge in [-0.2, -0.15) is 0 Å². The highest BCUT2D eigenvalue weighted by Gasteiger charge is 2.14. The second kappa shape index (κ2) is 8.35. The molecular weight excluding hydrogens is 356 g/mol. The topological polar surface area (TPSA) is 91.4 Å². The molecule has 0 unspecified atom stereocenters. The van der Waals surface area contributed by atoms with Crippen LogP contribution in [0.2, 0.25) is 0 Å². The number of esters is 1. The van der Waals surface area contributed by atoms with Crippen LogP contribution < -0.4 is 11.3 Å². The first-order valence-electron chi connectivity index (χ1n) is 8.75. The second-order valence-electron chi connectivity index (χ2n) is 6.48. The predicted octanol–water partition coefficient (Wildman–Crippen LogP) is 2.66. The van der Waals surface area contributed by atoms with Crippen LogP contribution in [0.5, 0.6) is 0 Å². The van der Waals surface area contributed by atoms with E-state index in [2.05, 4.69) is 0 Å². The van der Waals surface area contributed by atoms with E-state index < -0.39 is 17.4 Å². The third kappa shape index (κ3) is 4.54. The van der Waals surface area contributed by atoms with Gasteiger partial charge >= 0.3 is 5.97 Å². The summed E-state index contributed by atoms with van der Waals surface area (Å²) in [4.78, 5) is 36.3. The first-order chi connectivity index (χ1) is 13.4. The lowest BCUT2D eigenvalue weighted by Crippen LogP contribution is -2.27. The van der Waals surface area contributed by atoms with Gasteiger partial charge in [0.15, 0.2) is 0 Å². The van der Waals surface area contributed by atoms with Crippen molar-refractivity contribution in [2.75, 3.05) is 0 Å². The Hall–Kier alpha value is -3.67. The summed E-state index contributed by atoms with van der Waals surface area (Å²) in [6, 6.07) is 17.4. The number of nitrogens with zero attached hydrogens (tertiary/aromatic N) is 1. The number of amides is 1. The first-order valence-corrected chi connectivity index (χ1v) is 8.75. The van der Waals surface area contributed by atoms with Crippen LogP contribution in [0, 0.1) is 6.92 Å². The summed E-state index contributed by atoms with van der Waals surface area (Å²) in [5, 5.41) is 0. The van der Waals surface area contributed by atoms with Gasteiger partial charge in [-0.15, -0.1) is 0 Å². The molecule has 6 heteroatoms. The zero-order chi connectivity index (χ0) is 20.1. The van der Waals surface area contributed by atoms with Crippen LogP contribution in [0.3, 0.4) is 0 Å². The average Bonchev–Trinajstić information content (AvgIpc) is 2.68. The van der Waals surface area contributed by atoms with E-state index in [1.165, 1.54) is 10.6 Å². The Morgan fingerprint density at radius 2 is 1.75 bits per heavy atom. The molecule has 0 saturated carbocycles. The molecule has 3 aromatic rings. The van der Waals surface area contributed by atoms with Crippen LogP contribution in [0.4, 0.5) is 0 Å². The van der Waals surface area contributed by atoms with E-state index in [1.54, 1.807) is 36.5 Å². The summed E-state index contributed by atoms with van der Waals surface area (Å²) < 4.78 is 6.72. The number of primary amides is 1. The molecule has 1 amide bonds. The van der Waals surface area contributed by atoms with Crippen molar-refractivity contribution >= 4 is 11.9 Å². The number of carbonyl (C=O) groups is 2. The predicted molar refractivity (Wildman–Crippen MR) is 105 cm³/mol. The molecule has 0 bridgehead atoms. The largest absolute Gasteiger partial charge is 0.457 e. The maximum Gasteiger partial charge on any atom is 0.344 e. The summed E-state index contributed by atoms with van der Waals surface area (Å²) in [6.07, 6.45) is 1.64. The summed E-state index contributed by atoms with van der Waals surface area (Å²) >= 11 is 0. The molecule has 0 fully saturated rings. The highest BCUT2D eigenvalue weighted by molar-refractivity contribution is 5.93. The van der Waals surface area contributed by atoms with Gasteiger partial charge in [-0.05, 0) is 42.3 Å². The first kappa shape index (κ1) is 19.1. The highest BCUT2D eigenvalue weighted by Crippen LogP contribution is 2.09. The Labute approximate surface area is 162 Å². The normalized spacial score (nSPS) is 10.5. The van der Waals surface area contributed by atoms with Gasteiger partial charge in [0.2, 0.25) is 5.91 Å². The fourth-order valence-corrected chi connectivity index (χ4v) is 2.86. The van der Waals surface area contributed by atoms with Gasteiger partial charge < -0.3 is 15.0 Å². The van der Waals surface area contributed by atoms with Gasteiger partial charge in [-0.25, -0.2) is 4.79 Å². The van der Waals surface area contributed by atoms with Crippen LogP contribution in [0.25, 0.3) is 0 Å². The molecule has 1 heterocycles. The van der Waals surface area contributed by atoms with E-state index in [9.17, 15) is 14.4 Å². The molecule has 0 aliphatic rings. The fourth-order valence-electron chi connectivity index (χ4n) is 2.86. The summed E-state index contributed by atoms with van der Waals surface area (Å²) in [7, 11) is 0. The number of ether oxygens (including phenoxy) is 1. The third-order valence-electron chi connectivity index (χ3n) is 4.26. The van der Waals surface area contributed by atoms with E-state index in [0.29, 0.717) is 17.7 Å². The lowest BCUT2D eigenvalue weighted by Gasteiger charge is -2.09. The van der Waals surface area contributed by atoms with E-state index in [4.69, 9.17) is 10.5 Å². The number of hydrogen-bond acceptors (Lipinski definition) is 4. The molecule has 6 nitrogen and oxygen atoms in total. The van der Waals surface area contributed by atoms with Crippen molar-refractivity contribution < 1.29 is 14.3 Å². The number of rotatable bonds is 6. The third-order valence-corrected chi connectivity index (χ3v) is 4.26. The molecule has 0 spiro atoms. The molecule has 142 valence electrons. The molecule has 0 saturated heterocycles. The maximum absolute atomic E-state index is 12.7. The Morgan fingerprint density at radius 1 is 1.00 bits per heavy atom. The Bertz CT molecular complexity index is 1090. The lowest BCUT2D eigenvalue weighted by atomic mass is 10.1. The number of carbonyl (C=O) groups excluding carboxylic acids is 2. The van der Waals surface area contributed by atoms with Gasteiger partial charge in [0.1, 0.15) is 12.2 Å². The van der Waals surface area contributed by atoms with E-state index in [0.717, 1.165) is 11.1 Å². The number of hydrogen-bond donors (Lipinski definition) is 1. The number of aryl methyl sites for hydroxylation is 1. The van der Waals surface area contributed by atoms with E-state index >= 15 is 0 Å². The smallest absolute Gasteiger partial charge is 0.344 e. The Kier molecular flexibility index (Phi) is 5.69. The lowest BCUT2D eigenvalue weighted by molar-refractivity contribution is 0.0470. The summed E-state index contributed by atoms with van der Waals surface area (Å²) in [5.41, 5.74) is 7.79. The van der Waals surface area contributed by atoms with Gasteiger partial charge in [-0.3, -0.25) is 9.59 Å². The Morgan fingerprint density at radius 3 is 2.50 bits per heavy atom. The van der Waals surface area contributed by atoms with Gasteiger partial charge in [-0.1, -0.05) is 42.0 Å². The number of nitrogens with two attached hydrogens (primary N) is 1. The SMILES string of the molecule is Cc1cccc(Cn2cccc(C(=O)OCc3cccc(C(N)=O)c3)c2=O)c1. The monoisotopic (exact) mass is 376 g/mol. The molecule has 2 aromatic carbocycles. The molecule has 0 radical (unpaired) electrons. The van der Waals surface area contributed by atoms with Crippen LogP contribution in [-0.4, -0.2) is 16.4 Å². The maximum atomic E-state index is 12.7. The minimum absolute atomic E-state index is 0.0405. The molecule has 0 aliphatic carbocycles. The summed E-state index contributed by atoms with van der Waals surface area (Å²) in [6.45, 7) is 2.28. The highest BCUT2D eigenvalue weighted by atomic mass is 16.5. The molecule has 0 aliphatic heterocycles. The van der Waals surface area contributed by atoms with Crippen LogP contribution in [-0.2, 0) is 17.9 Å². The second-order valence-corrected chi connectivity index (χ2v) is 6.48. The molecule has 3 rings (SSSR count). The minimum Gasteiger partial charge on any atom is -0.457 e. The van der Waals surface area contributed by atoms with Crippen LogP contribution >= 0.6 is 0 Å². The average molecular weight is 376 g/mol. The molecule has 0 atom stereocenters. The zero-order valence-electron chi connectivity index (χ0n) is 15.4. The summed E-state index contributed by atoms with van der Waals surface area (Å²) in [5.74, 6) is -1.27. The molecule has 28 heavy (non-hydrogen) atoms. The fraction of sp³-hybridized carbons (Fsp3) is 0.136. The minimum atomic E-state index is -0.715. The van der Waals surface area contributed by atoms with Crippen molar-refractivity contribution in [2.24, 2.45) is 5.73 Å². The molecular formula is C22H20N2O4. The van der Waals surface area contributed by atoms with E-state index in [1.807, 2.05) is 31.2 Å². The quantitative estimate of drug-likeness (QED) is 0.670. The number of pyridine rings is 1. The van der Waals surface area contributed by atoms with Crippen molar-refractivity contribution in [3.05, 3.63) is 105 Å². The van der Waals surface area contributed by atoms with Gasteiger partial charge in [0, 0.05) is 11.8 Å². The zero-order valence-corrected chi connectivity index (χ0v) is 15.4. The Balaban J connectivity index is 1.74. The van der Waals surface area contributed by atoms with Gasteiger partial charge in [0.25, 0.3) is 5.56 Å². The van der Waals surface area contributed by atoms with Gasteiger partial charge in [0.05, 0.1) is 6.54 Å². The molecule has 1 aromatic heterocycles. The van der Waals surface area contributed by atoms with Crippen molar-refractivity contribution in [1.82, 2.24) is 4.57 Å². The standard InChI is InChI=1S/C22H20N2O4/c1-15-5-2-6-16(11-15)13-24-10-4-9-19(21(24)26)22(27)28-14-17-7-3-8-18(12-17)20(23)25/h2-12H,13-14H2,1H3,(H2,23,25). The van der Waals surface area contributed by atoms with E-state index in [-0.39, 0.29) is 12.2 Å². The van der Waals surface area contributed by atoms with Crippen molar-refractivity contribution in [3.63, 3.8) is 0 Å². The van der Waals surface area contributed by atoms with Crippen LogP contribution in [0.15, 0.2) is 71.7 Å². The number of benzene rings is 2. The van der Waals surface area contributed by atoms with Crippen molar-refractivity contribution in [1.29, 1.82) is 0 Å².